The van der Waals surface area contributed by atoms with Crippen LogP contribution in [0.25, 0.3) is 0 Å². The van der Waals surface area contributed by atoms with E-state index in [1.54, 1.807) is 0 Å². The van der Waals surface area contributed by atoms with E-state index in [1.807, 2.05) is 0 Å². The summed E-state index contributed by atoms with van der Waals surface area (Å²) in [6, 6.07) is 0. The van der Waals surface area contributed by atoms with Gasteiger partial charge in [0.1, 0.15) is 0 Å². The van der Waals surface area contributed by atoms with Gasteiger partial charge in [0.25, 0.3) is 0 Å². The molecule has 0 saturated carbocycles. The summed E-state index contributed by atoms with van der Waals surface area (Å²) in [4.78, 5) is 11.8. The molecular formula is C18H35BrO2. The maximum absolute atomic E-state index is 11.8. The van der Waals surface area contributed by atoms with Crippen molar-refractivity contribution >= 4 is 21.9 Å². The van der Waals surface area contributed by atoms with Gasteiger partial charge in [0, 0.05) is 11.8 Å². The first-order valence-corrected chi connectivity index (χ1v) is 9.81. The molecule has 21 heavy (non-hydrogen) atoms. The number of alkyl halides is 1. The lowest BCUT2D eigenvalue weighted by molar-refractivity contribution is -0.145. The Morgan fingerprint density at radius 3 is 2.14 bits per heavy atom. The number of rotatable bonds is 13. The number of carbonyl (C=O) groups excluding carboxylic acids is 1. The molecule has 1 unspecified atom stereocenters. The summed E-state index contributed by atoms with van der Waals surface area (Å²) in [6.07, 6.45) is 8.79. The van der Waals surface area contributed by atoms with E-state index in [1.165, 1.54) is 25.7 Å². The van der Waals surface area contributed by atoms with E-state index < -0.39 is 0 Å². The molecule has 0 N–H and O–H groups in total. The standard InChI is InChI=1S/C18H35BrO2/c1-15(2)11-12-17(16(3)4)14-21-18(20)10-8-6-5-7-9-13-19/h15-17H,5-14H2,1-4H3. The van der Waals surface area contributed by atoms with Crippen molar-refractivity contribution in [2.45, 2.75) is 79.1 Å². The lowest BCUT2D eigenvalue weighted by Gasteiger charge is -2.21. The Morgan fingerprint density at radius 1 is 0.952 bits per heavy atom. The maximum Gasteiger partial charge on any atom is 0.305 e. The van der Waals surface area contributed by atoms with Crippen LogP contribution in [0.1, 0.15) is 79.1 Å². The van der Waals surface area contributed by atoms with Crippen LogP contribution in [0.4, 0.5) is 0 Å². The number of hydrogen-bond acceptors (Lipinski definition) is 2. The summed E-state index contributed by atoms with van der Waals surface area (Å²) in [5.74, 6) is 1.81. The molecule has 1 atom stereocenters. The molecule has 0 heterocycles. The molecule has 0 aliphatic heterocycles. The van der Waals surface area contributed by atoms with Crippen LogP contribution < -0.4 is 0 Å². The van der Waals surface area contributed by atoms with Gasteiger partial charge in [-0.15, -0.1) is 0 Å². The van der Waals surface area contributed by atoms with Gasteiger partial charge in [-0.1, -0.05) is 69.3 Å². The highest BCUT2D eigenvalue weighted by molar-refractivity contribution is 9.09. The molecule has 0 aromatic rings. The molecule has 0 spiro atoms. The van der Waals surface area contributed by atoms with Gasteiger partial charge in [0.15, 0.2) is 0 Å². The Kier molecular flexibility index (Phi) is 13.6. The Bertz CT molecular complexity index is 252. The van der Waals surface area contributed by atoms with E-state index in [0.717, 1.165) is 30.5 Å². The van der Waals surface area contributed by atoms with Gasteiger partial charge in [0.2, 0.25) is 0 Å². The zero-order valence-electron chi connectivity index (χ0n) is 14.5. The minimum Gasteiger partial charge on any atom is -0.465 e. The largest absolute Gasteiger partial charge is 0.465 e. The molecule has 0 rings (SSSR count). The van der Waals surface area contributed by atoms with Crippen LogP contribution >= 0.6 is 15.9 Å². The van der Waals surface area contributed by atoms with Gasteiger partial charge in [-0.2, -0.15) is 0 Å². The Balaban J connectivity index is 3.72. The first kappa shape index (κ1) is 20.9. The molecular weight excluding hydrogens is 328 g/mol. The normalized spacial score (nSPS) is 12.9. The number of ether oxygens (including phenoxy) is 1. The number of unbranched alkanes of at least 4 members (excludes halogenated alkanes) is 4. The summed E-state index contributed by atoms with van der Waals surface area (Å²) >= 11 is 3.43. The van der Waals surface area contributed by atoms with Crippen LogP contribution in [0.2, 0.25) is 0 Å². The van der Waals surface area contributed by atoms with Crippen molar-refractivity contribution in [1.82, 2.24) is 0 Å². The van der Waals surface area contributed by atoms with Crippen molar-refractivity contribution < 1.29 is 9.53 Å². The predicted molar refractivity (Wildman–Crippen MR) is 94.9 cm³/mol. The molecule has 0 aliphatic rings. The summed E-state index contributed by atoms with van der Waals surface area (Å²) in [5.41, 5.74) is 0. The molecule has 3 heteroatoms. The monoisotopic (exact) mass is 362 g/mol. The second-order valence-electron chi connectivity index (χ2n) is 6.87. The summed E-state index contributed by atoms with van der Waals surface area (Å²) in [5, 5.41) is 1.09. The fourth-order valence-corrected chi connectivity index (χ4v) is 2.72. The third kappa shape index (κ3) is 13.3. The van der Waals surface area contributed by atoms with Crippen LogP contribution in [-0.2, 0) is 9.53 Å². The highest BCUT2D eigenvalue weighted by atomic mass is 79.9. The van der Waals surface area contributed by atoms with Crippen LogP contribution in [0.3, 0.4) is 0 Å². The van der Waals surface area contributed by atoms with E-state index in [0.29, 0.717) is 24.9 Å². The van der Waals surface area contributed by atoms with Crippen LogP contribution in [0, 0.1) is 17.8 Å². The van der Waals surface area contributed by atoms with E-state index in [-0.39, 0.29) is 5.97 Å². The van der Waals surface area contributed by atoms with Crippen molar-refractivity contribution in [2.75, 3.05) is 11.9 Å². The summed E-state index contributed by atoms with van der Waals surface area (Å²) < 4.78 is 5.48. The molecule has 0 aromatic heterocycles. The third-order valence-corrected chi connectivity index (χ3v) is 4.59. The average molecular weight is 363 g/mol. The van der Waals surface area contributed by atoms with E-state index in [4.69, 9.17) is 4.74 Å². The van der Waals surface area contributed by atoms with Crippen LogP contribution in [-0.4, -0.2) is 17.9 Å². The lowest BCUT2D eigenvalue weighted by Crippen LogP contribution is -2.19. The van der Waals surface area contributed by atoms with Gasteiger partial charge in [-0.05, 0) is 37.0 Å². The summed E-state index contributed by atoms with van der Waals surface area (Å²) in [7, 11) is 0. The molecule has 2 nitrogen and oxygen atoms in total. The second-order valence-corrected chi connectivity index (χ2v) is 7.66. The van der Waals surface area contributed by atoms with Crippen molar-refractivity contribution in [2.24, 2.45) is 17.8 Å². The fraction of sp³-hybridized carbons (Fsp3) is 0.944. The molecule has 0 aromatic carbocycles. The smallest absolute Gasteiger partial charge is 0.305 e. The first-order chi connectivity index (χ1) is 9.97. The van der Waals surface area contributed by atoms with E-state index in [2.05, 4.69) is 43.6 Å². The van der Waals surface area contributed by atoms with Crippen molar-refractivity contribution in [3.63, 3.8) is 0 Å². The highest BCUT2D eigenvalue weighted by Crippen LogP contribution is 2.20. The first-order valence-electron chi connectivity index (χ1n) is 8.69. The number of halogens is 1. The van der Waals surface area contributed by atoms with Gasteiger partial charge in [-0.25, -0.2) is 0 Å². The average Bonchev–Trinajstić information content (AvgIpc) is 2.41. The SMILES string of the molecule is CC(C)CCC(COC(=O)CCCCCCCBr)C(C)C. The minimum atomic E-state index is -0.00862. The predicted octanol–water partition coefficient (Wildman–Crippen LogP) is 5.97. The number of esters is 1. The molecule has 0 saturated heterocycles. The van der Waals surface area contributed by atoms with Crippen LogP contribution in [0.5, 0.6) is 0 Å². The van der Waals surface area contributed by atoms with E-state index in [9.17, 15) is 4.79 Å². The lowest BCUT2D eigenvalue weighted by atomic mass is 9.89. The van der Waals surface area contributed by atoms with E-state index >= 15 is 0 Å². The number of carbonyl (C=O) groups is 1. The molecule has 0 amide bonds. The Morgan fingerprint density at radius 2 is 1.57 bits per heavy atom. The molecule has 0 fully saturated rings. The zero-order valence-corrected chi connectivity index (χ0v) is 16.1. The van der Waals surface area contributed by atoms with Gasteiger partial charge < -0.3 is 4.74 Å². The molecule has 0 radical (unpaired) electrons. The molecule has 0 aliphatic carbocycles. The Labute approximate surface area is 140 Å². The molecule has 0 bridgehead atoms. The Hall–Kier alpha value is -0.0500. The van der Waals surface area contributed by atoms with Gasteiger partial charge in [0.05, 0.1) is 6.61 Å². The molecule has 126 valence electrons. The van der Waals surface area contributed by atoms with Crippen molar-refractivity contribution in [1.29, 1.82) is 0 Å². The summed E-state index contributed by atoms with van der Waals surface area (Å²) in [6.45, 7) is 9.55. The maximum atomic E-state index is 11.8. The minimum absolute atomic E-state index is 0.00862. The second kappa shape index (κ2) is 13.6. The third-order valence-electron chi connectivity index (χ3n) is 4.03. The quantitative estimate of drug-likeness (QED) is 0.229. The van der Waals surface area contributed by atoms with Crippen molar-refractivity contribution in [3.8, 4) is 0 Å². The highest BCUT2D eigenvalue weighted by Gasteiger charge is 2.16. The topological polar surface area (TPSA) is 26.3 Å². The zero-order chi connectivity index (χ0) is 16.1. The van der Waals surface area contributed by atoms with Gasteiger partial charge >= 0.3 is 5.97 Å². The van der Waals surface area contributed by atoms with Crippen LogP contribution in [0.15, 0.2) is 0 Å². The van der Waals surface area contributed by atoms with Crippen molar-refractivity contribution in [3.05, 3.63) is 0 Å². The fourth-order valence-electron chi connectivity index (χ4n) is 2.32. The number of hydrogen-bond donors (Lipinski definition) is 0. The van der Waals surface area contributed by atoms with Gasteiger partial charge in [-0.3, -0.25) is 4.79 Å².